The molecule has 2 aromatic carbocycles. The van der Waals surface area contributed by atoms with Crippen molar-refractivity contribution in [3.8, 4) is 11.5 Å². The number of benzene rings is 2. The van der Waals surface area contributed by atoms with Gasteiger partial charge in [-0.05, 0) is 36.8 Å². The third kappa shape index (κ3) is 2.98. The molecular weight excluding hydrogens is 239 g/mol. The van der Waals surface area contributed by atoms with Crippen molar-refractivity contribution in [2.75, 3.05) is 0 Å². The summed E-state index contributed by atoms with van der Waals surface area (Å²) in [5, 5.41) is 0. The Labute approximate surface area is 105 Å². The van der Waals surface area contributed by atoms with E-state index in [1.165, 1.54) is 6.07 Å². The zero-order valence-electron chi connectivity index (χ0n) is 9.41. The van der Waals surface area contributed by atoms with E-state index in [0.717, 1.165) is 11.1 Å². The summed E-state index contributed by atoms with van der Waals surface area (Å²) in [5.41, 5.74) is 1.87. The van der Waals surface area contributed by atoms with E-state index in [9.17, 15) is 4.39 Å². The first-order valence-corrected chi connectivity index (χ1v) is 5.81. The van der Waals surface area contributed by atoms with E-state index in [1.807, 2.05) is 31.2 Å². The van der Waals surface area contributed by atoms with Gasteiger partial charge in [0, 0.05) is 5.88 Å². The summed E-state index contributed by atoms with van der Waals surface area (Å²) in [5.74, 6) is 0.724. The van der Waals surface area contributed by atoms with Crippen LogP contribution in [0.1, 0.15) is 11.1 Å². The largest absolute Gasteiger partial charge is 0.454 e. The molecule has 0 heterocycles. The average Bonchev–Trinajstić information content (AvgIpc) is 2.34. The second kappa shape index (κ2) is 5.19. The number of hydrogen-bond acceptors (Lipinski definition) is 1. The first-order chi connectivity index (χ1) is 8.19. The third-order valence-electron chi connectivity index (χ3n) is 2.40. The monoisotopic (exact) mass is 250 g/mol. The molecule has 3 heteroatoms. The molecule has 0 aliphatic rings. The molecule has 0 aliphatic carbocycles. The van der Waals surface area contributed by atoms with E-state index in [2.05, 4.69) is 0 Å². The van der Waals surface area contributed by atoms with Crippen LogP contribution in [0.4, 0.5) is 4.39 Å². The van der Waals surface area contributed by atoms with Crippen LogP contribution >= 0.6 is 11.6 Å². The van der Waals surface area contributed by atoms with Gasteiger partial charge in [-0.3, -0.25) is 0 Å². The molecule has 0 amide bonds. The Morgan fingerprint density at radius 2 is 1.82 bits per heavy atom. The summed E-state index contributed by atoms with van der Waals surface area (Å²) in [6.45, 7) is 1.99. The maximum Gasteiger partial charge on any atom is 0.166 e. The fraction of sp³-hybridized carbons (Fsp3) is 0.143. The number of ether oxygens (including phenoxy) is 1. The lowest BCUT2D eigenvalue weighted by molar-refractivity contribution is 0.442. The van der Waals surface area contributed by atoms with Crippen molar-refractivity contribution in [1.29, 1.82) is 0 Å². The zero-order chi connectivity index (χ0) is 12.3. The van der Waals surface area contributed by atoms with Crippen molar-refractivity contribution in [2.45, 2.75) is 12.8 Å². The van der Waals surface area contributed by atoms with Crippen molar-refractivity contribution in [1.82, 2.24) is 0 Å². The van der Waals surface area contributed by atoms with Crippen molar-refractivity contribution < 1.29 is 9.13 Å². The smallest absolute Gasteiger partial charge is 0.166 e. The molecule has 0 aliphatic heterocycles. The van der Waals surface area contributed by atoms with Crippen molar-refractivity contribution in [3.63, 3.8) is 0 Å². The van der Waals surface area contributed by atoms with E-state index in [4.69, 9.17) is 16.3 Å². The molecule has 0 unspecified atom stereocenters. The quantitative estimate of drug-likeness (QED) is 0.720. The summed E-state index contributed by atoms with van der Waals surface area (Å²) in [4.78, 5) is 0. The molecule has 0 fully saturated rings. The fourth-order valence-electron chi connectivity index (χ4n) is 1.44. The Bertz CT molecular complexity index is 508. The van der Waals surface area contributed by atoms with Gasteiger partial charge in [-0.15, -0.1) is 11.6 Å². The lowest BCUT2D eigenvalue weighted by Gasteiger charge is -2.07. The van der Waals surface area contributed by atoms with E-state index in [0.29, 0.717) is 11.6 Å². The molecular formula is C14H12ClFO. The van der Waals surface area contributed by atoms with Gasteiger partial charge in [0.05, 0.1) is 0 Å². The molecule has 2 rings (SSSR count). The van der Waals surface area contributed by atoms with Gasteiger partial charge in [0.2, 0.25) is 0 Å². The second-order valence-corrected chi connectivity index (χ2v) is 4.08. The van der Waals surface area contributed by atoms with E-state index in [-0.39, 0.29) is 5.75 Å². The average molecular weight is 251 g/mol. The predicted octanol–water partition coefficient (Wildman–Crippen LogP) is 4.67. The molecule has 0 radical (unpaired) electrons. The van der Waals surface area contributed by atoms with Crippen LogP contribution in [0.3, 0.4) is 0 Å². The van der Waals surface area contributed by atoms with Gasteiger partial charge < -0.3 is 4.74 Å². The van der Waals surface area contributed by atoms with E-state index < -0.39 is 5.82 Å². The number of hydrogen-bond donors (Lipinski definition) is 0. The normalized spacial score (nSPS) is 10.3. The molecule has 2 aromatic rings. The highest BCUT2D eigenvalue weighted by Gasteiger charge is 2.05. The van der Waals surface area contributed by atoms with Crippen LogP contribution in [0.25, 0.3) is 0 Å². The van der Waals surface area contributed by atoms with Crippen LogP contribution in [0.15, 0.2) is 42.5 Å². The maximum atomic E-state index is 13.6. The van der Waals surface area contributed by atoms with Crippen molar-refractivity contribution >= 4 is 11.6 Å². The molecule has 0 saturated carbocycles. The molecule has 0 bridgehead atoms. The lowest BCUT2D eigenvalue weighted by atomic mass is 10.2. The molecule has 0 spiro atoms. The van der Waals surface area contributed by atoms with Gasteiger partial charge in [-0.2, -0.15) is 0 Å². The zero-order valence-corrected chi connectivity index (χ0v) is 10.2. The van der Waals surface area contributed by atoms with E-state index >= 15 is 0 Å². The number of rotatable bonds is 3. The Hall–Kier alpha value is -1.54. The third-order valence-corrected chi connectivity index (χ3v) is 2.71. The molecule has 1 nitrogen and oxygen atoms in total. The van der Waals surface area contributed by atoms with Crippen LogP contribution in [-0.2, 0) is 5.88 Å². The fourth-order valence-corrected chi connectivity index (χ4v) is 1.61. The summed E-state index contributed by atoms with van der Waals surface area (Å²) in [7, 11) is 0. The van der Waals surface area contributed by atoms with Crippen molar-refractivity contribution in [3.05, 3.63) is 59.4 Å². The highest BCUT2D eigenvalue weighted by Crippen LogP contribution is 2.25. The number of alkyl halides is 1. The minimum Gasteiger partial charge on any atom is -0.454 e. The summed E-state index contributed by atoms with van der Waals surface area (Å²) < 4.78 is 19.1. The highest BCUT2D eigenvalue weighted by molar-refractivity contribution is 6.17. The lowest BCUT2D eigenvalue weighted by Crippen LogP contribution is -1.90. The molecule has 88 valence electrons. The highest BCUT2D eigenvalue weighted by atomic mass is 35.5. The number of halogens is 2. The predicted molar refractivity (Wildman–Crippen MR) is 67.2 cm³/mol. The second-order valence-electron chi connectivity index (χ2n) is 3.81. The topological polar surface area (TPSA) is 9.23 Å². The summed E-state index contributed by atoms with van der Waals surface area (Å²) in [6, 6.07) is 12.2. The van der Waals surface area contributed by atoms with Crippen LogP contribution in [0.2, 0.25) is 0 Å². The minimum atomic E-state index is -0.399. The van der Waals surface area contributed by atoms with Crippen molar-refractivity contribution in [2.24, 2.45) is 0 Å². The molecule has 0 atom stereocenters. The first kappa shape index (κ1) is 11.9. The Morgan fingerprint density at radius 1 is 1.12 bits per heavy atom. The van der Waals surface area contributed by atoms with Gasteiger partial charge >= 0.3 is 0 Å². The van der Waals surface area contributed by atoms with Gasteiger partial charge in [0.25, 0.3) is 0 Å². The standard InChI is InChI=1S/C14H12ClFO/c1-10-2-5-12(6-3-10)17-14-7-4-11(9-15)8-13(14)16/h2-8H,9H2,1H3. The van der Waals surface area contributed by atoms with Gasteiger partial charge in [0.15, 0.2) is 11.6 Å². The van der Waals surface area contributed by atoms with Gasteiger partial charge in [-0.25, -0.2) is 4.39 Å². The SMILES string of the molecule is Cc1ccc(Oc2ccc(CCl)cc2F)cc1. The molecule has 0 saturated heterocycles. The minimum absolute atomic E-state index is 0.211. The molecule has 0 aromatic heterocycles. The van der Waals surface area contributed by atoms with Gasteiger partial charge in [0.1, 0.15) is 5.75 Å². The Balaban J connectivity index is 2.21. The molecule has 17 heavy (non-hydrogen) atoms. The summed E-state index contributed by atoms with van der Waals surface area (Å²) >= 11 is 5.62. The summed E-state index contributed by atoms with van der Waals surface area (Å²) in [6.07, 6.45) is 0. The van der Waals surface area contributed by atoms with Crippen LogP contribution in [0, 0.1) is 12.7 Å². The maximum absolute atomic E-state index is 13.6. The Morgan fingerprint density at radius 3 is 2.41 bits per heavy atom. The Kier molecular flexibility index (Phi) is 3.64. The van der Waals surface area contributed by atoms with E-state index in [1.54, 1.807) is 12.1 Å². The van der Waals surface area contributed by atoms with Gasteiger partial charge in [-0.1, -0.05) is 23.8 Å². The number of aryl methyl sites for hydroxylation is 1. The van der Waals surface area contributed by atoms with Crippen LogP contribution in [0.5, 0.6) is 11.5 Å². The molecule has 0 N–H and O–H groups in total. The van der Waals surface area contributed by atoms with Crippen LogP contribution < -0.4 is 4.74 Å². The first-order valence-electron chi connectivity index (χ1n) is 5.28. The van der Waals surface area contributed by atoms with Crippen LogP contribution in [-0.4, -0.2) is 0 Å².